The number of rotatable bonds is 5. The summed E-state index contributed by atoms with van der Waals surface area (Å²) in [4.78, 5) is 11.0. The van der Waals surface area contributed by atoms with Crippen LogP contribution in [0.3, 0.4) is 0 Å². The first-order valence-corrected chi connectivity index (χ1v) is 6.09. The maximum atomic E-state index is 11.0. The van der Waals surface area contributed by atoms with Crippen molar-refractivity contribution in [3.05, 3.63) is 65.2 Å². The normalized spacial score (nSPS) is 10.1. The molecule has 0 radical (unpaired) electrons. The molecule has 0 heterocycles. The van der Waals surface area contributed by atoms with Crippen LogP contribution in [0.5, 0.6) is 5.75 Å². The van der Waals surface area contributed by atoms with E-state index in [1.165, 1.54) is 0 Å². The zero-order chi connectivity index (χ0) is 12.8. The van der Waals surface area contributed by atoms with Crippen molar-refractivity contribution in [3.63, 3.8) is 0 Å². The Morgan fingerprint density at radius 2 is 1.83 bits per heavy atom. The molecule has 0 amide bonds. The summed E-state index contributed by atoms with van der Waals surface area (Å²) in [7, 11) is 0. The van der Waals surface area contributed by atoms with Gasteiger partial charge in [-0.25, -0.2) is 0 Å². The van der Waals surface area contributed by atoms with Crippen LogP contribution in [0.2, 0.25) is 0 Å². The fourth-order valence-corrected chi connectivity index (χ4v) is 1.88. The van der Waals surface area contributed by atoms with Crippen LogP contribution in [0.25, 0.3) is 0 Å². The number of benzene rings is 2. The minimum Gasteiger partial charge on any atom is -0.488 e. The van der Waals surface area contributed by atoms with E-state index in [0.717, 1.165) is 23.8 Å². The van der Waals surface area contributed by atoms with Gasteiger partial charge in [-0.15, -0.1) is 0 Å². The van der Waals surface area contributed by atoms with E-state index in [2.05, 4.69) is 6.92 Å². The predicted molar refractivity (Wildman–Crippen MR) is 72.0 cm³/mol. The number of aldehydes is 1. The molecule has 0 bridgehead atoms. The average molecular weight is 240 g/mol. The van der Waals surface area contributed by atoms with E-state index in [-0.39, 0.29) is 0 Å². The second kappa shape index (κ2) is 6.01. The van der Waals surface area contributed by atoms with Crippen LogP contribution in [0.1, 0.15) is 28.4 Å². The molecule has 0 fully saturated rings. The monoisotopic (exact) mass is 240 g/mol. The largest absolute Gasteiger partial charge is 0.488 e. The number of para-hydroxylation sites is 1. The van der Waals surface area contributed by atoms with Gasteiger partial charge in [0.1, 0.15) is 12.4 Å². The Labute approximate surface area is 107 Å². The average Bonchev–Trinajstić information content (AvgIpc) is 2.45. The van der Waals surface area contributed by atoms with E-state index in [1.54, 1.807) is 6.07 Å². The quantitative estimate of drug-likeness (QED) is 0.746. The Balaban J connectivity index is 2.20. The predicted octanol–water partition coefficient (Wildman–Crippen LogP) is 3.64. The molecule has 18 heavy (non-hydrogen) atoms. The van der Waals surface area contributed by atoms with Crippen molar-refractivity contribution >= 4 is 6.29 Å². The molecular formula is C16H16O2. The third kappa shape index (κ3) is 2.77. The molecule has 2 nitrogen and oxygen atoms in total. The zero-order valence-corrected chi connectivity index (χ0v) is 10.4. The molecule has 0 N–H and O–H groups in total. The topological polar surface area (TPSA) is 26.3 Å². The first kappa shape index (κ1) is 12.4. The number of carbonyl (C=O) groups excluding carboxylic acids is 1. The minimum atomic E-state index is 0.485. The highest BCUT2D eigenvalue weighted by atomic mass is 16.5. The molecule has 2 rings (SSSR count). The van der Waals surface area contributed by atoms with Crippen LogP contribution in [-0.2, 0) is 13.0 Å². The number of hydrogen-bond acceptors (Lipinski definition) is 2. The number of hydrogen-bond donors (Lipinski definition) is 0. The van der Waals surface area contributed by atoms with Gasteiger partial charge in [-0.1, -0.05) is 49.4 Å². The van der Waals surface area contributed by atoms with Crippen molar-refractivity contribution in [2.45, 2.75) is 20.0 Å². The van der Waals surface area contributed by atoms with E-state index in [1.807, 2.05) is 42.5 Å². The molecular weight excluding hydrogens is 224 g/mol. The van der Waals surface area contributed by atoms with Gasteiger partial charge >= 0.3 is 0 Å². The Kier molecular flexibility index (Phi) is 4.13. The van der Waals surface area contributed by atoms with E-state index >= 15 is 0 Å². The van der Waals surface area contributed by atoms with Gasteiger partial charge in [-0.05, 0) is 23.6 Å². The highest BCUT2D eigenvalue weighted by Gasteiger charge is 2.08. The lowest BCUT2D eigenvalue weighted by Crippen LogP contribution is -2.01. The molecule has 0 aliphatic carbocycles. The van der Waals surface area contributed by atoms with Crippen molar-refractivity contribution in [2.24, 2.45) is 0 Å². The number of aryl methyl sites for hydroxylation is 1. The van der Waals surface area contributed by atoms with Crippen LogP contribution < -0.4 is 4.74 Å². The molecule has 0 spiro atoms. The van der Waals surface area contributed by atoms with Crippen molar-refractivity contribution in [2.75, 3.05) is 0 Å². The van der Waals surface area contributed by atoms with Crippen LogP contribution in [0.4, 0.5) is 0 Å². The summed E-state index contributed by atoms with van der Waals surface area (Å²) in [6, 6.07) is 15.6. The Hall–Kier alpha value is -2.09. The lowest BCUT2D eigenvalue weighted by atomic mass is 10.1. The fourth-order valence-electron chi connectivity index (χ4n) is 1.88. The van der Waals surface area contributed by atoms with Gasteiger partial charge < -0.3 is 4.74 Å². The van der Waals surface area contributed by atoms with Gasteiger partial charge in [-0.3, -0.25) is 4.79 Å². The lowest BCUT2D eigenvalue weighted by molar-refractivity contribution is 0.111. The highest BCUT2D eigenvalue weighted by molar-refractivity contribution is 5.80. The molecule has 0 saturated heterocycles. The van der Waals surface area contributed by atoms with E-state index in [4.69, 9.17) is 4.74 Å². The molecule has 0 atom stereocenters. The summed E-state index contributed by atoms with van der Waals surface area (Å²) in [5.74, 6) is 0.707. The highest BCUT2D eigenvalue weighted by Crippen LogP contribution is 2.24. The SMILES string of the molecule is CCc1cccc(C=O)c1OCc1ccccc1. The second-order valence-corrected chi connectivity index (χ2v) is 4.08. The standard InChI is InChI=1S/C16H16O2/c1-2-14-9-6-10-15(11-17)16(14)18-12-13-7-4-3-5-8-13/h3-11H,2,12H2,1H3. The Morgan fingerprint density at radius 1 is 1.06 bits per heavy atom. The number of ether oxygens (including phenoxy) is 1. The molecule has 2 aromatic carbocycles. The first-order chi connectivity index (χ1) is 8.85. The van der Waals surface area contributed by atoms with Crippen LogP contribution in [0.15, 0.2) is 48.5 Å². The van der Waals surface area contributed by atoms with E-state index < -0.39 is 0 Å². The van der Waals surface area contributed by atoms with Gasteiger partial charge in [0.2, 0.25) is 0 Å². The molecule has 0 unspecified atom stereocenters. The van der Waals surface area contributed by atoms with E-state index in [0.29, 0.717) is 17.9 Å². The molecule has 0 saturated carbocycles. The maximum absolute atomic E-state index is 11.0. The molecule has 0 aliphatic rings. The van der Waals surface area contributed by atoms with Gasteiger partial charge in [0.05, 0.1) is 5.56 Å². The summed E-state index contributed by atoms with van der Waals surface area (Å²) in [5, 5.41) is 0. The van der Waals surface area contributed by atoms with Crippen molar-refractivity contribution < 1.29 is 9.53 Å². The number of carbonyl (C=O) groups is 1. The summed E-state index contributed by atoms with van der Waals surface area (Å²) >= 11 is 0. The van der Waals surface area contributed by atoms with Crippen molar-refractivity contribution in [3.8, 4) is 5.75 Å². The second-order valence-electron chi connectivity index (χ2n) is 4.08. The molecule has 0 aliphatic heterocycles. The molecule has 92 valence electrons. The molecule has 0 aromatic heterocycles. The Bertz CT molecular complexity index is 518. The Morgan fingerprint density at radius 3 is 2.50 bits per heavy atom. The zero-order valence-electron chi connectivity index (χ0n) is 10.4. The molecule has 2 heteroatoms. The summed E-state index contributed by atoms with van der Waals surface area (Å²) in [6.45, 7) is 2.54. The van der Waals surface area contributed by atoms with E-state index in [9.17, 15) is 4.79 Å². The van der Waals surface area contributed by atoms with Gasteiger partial charge in [-0.2, -0.15) is 0 Å². The van der Waals surface area contributed by atoms with Gasteiger partial charge in [0, 0.05) is 0 Å². The summed E-state index contributed by atoms with van der Waals surface area (Å²) in [5.41, 5.74) is 2.78. The fraction of sp³-hybridized carbons (Fsp3) is 0.188. The minimum absolute atomic E-state index is 0.485. The van der Waals surface area contributed by atoms with Crippen LogP contribution >= 0.6 is 0 Å². The van der Waals surface area contributed by atoms with Crippen LogP contribution in [-0.4, -0.2) is 6.29 Å². The van der Waals surface area contributed by atoms with Crippen LogP contribution in [0, 0.1) is 0 Å². The van der Waals surface area contributed by atoms with Gasteiger partial charge in [0.15, 0.2) is 6.29 Å². The summed E-state index contributed by atoms with van der Waals surface area (Å²) in [6.07, 6.45) is 1.70. The maximum Gasteiger partial charge on any atom is 0.153 e. The smallest absolute Gasteiger partial charge is 0.153 e. The lowest BCUT2D eigenvalue weighted by Gasteiger charge is -2.12. The summed E-state index contributed by atoms with van der Waals surface area (Å²) < 4.78 is 5.80. The third-order valence-electron chi connectivity index (χ3n) is 2.86. The first-order valence-electron chi connectivity index (χ1n) is 6.09. The van der Waals surface area contributed by atoms with Crippen molar-refractivity contribution in [1.29, 1.82) is 0 Å². The molecule has 2 aromatic rings. The van der Waals surface area contributed by atoms with Crippen molar-refractivity contribution in [1.82, 2.24) is 0 Å². The van der Waals surface area contributed by atoms with Gasteiger partial charge in [0.25, 0.3) is 0 Å². The third-order valence-corrected chi connectivity index (χ3v) is 2.86.